The van der Waals surface area contributed by atoms with Crippen LogP contribution in [0.2, 0.25) is 0 Å². The van der Waals surface area contributed by atoms with Crippen LogP contribution in [-0.4, -0.2) is 76.7 Å². The van der Waals surface area contributed by atoms with Gasteiger partial charge in [0.2, 0.25) is 11.8 Å². The molecule has 2 aliphatic heterocycles. The second kappa shape index (κ2) is 11.0. The number of carbonyl (C=O) groups is 3. The van der Waals surface area contributed by atoms with Crippen molar-refractivity contribution in [3.8, 4) is 11.3 Å². The highest BCUT2D eigenvalue weighted by molar-refractivity contribution is 9.10. The first-order chi connectivity index (χ1) is 21.8. The molecular weight excluding hydrogens is 656 g/mol. The maximum atomic E-state index is 14.0. The zero-order valence-electron chi connectivity index (χ0n) is 26.1. The van der Waals surface area contributed by atoms with Gasteiger partial charge in [0.15, 0.2) is 11.6 Å². The molecule has 4 aromatic rings. The number of nitrogens with one attached hydrogen (secondary N) is 1. The summed E-state index contributed by atoms with van der Waals surface area (Å²) in [5.41, 5.74) is 2.60. The van der Waals surface area contributed by atoms with Crippen LogP contribution in [0.4, 0.5) is 5.82 Å². The first kappa shape index (κ1) is 30.5. The van der Waals surface area contributed by atoms with Gasteiger partial charge in [-0.15, -0.1) is 0 Å². The van der Waals surface area contributed by atoms with Gasteiger partial charge in [-0.25, -0.2) is 15.0 Å². The Kier molecular flexibility index (Phi) is 7.29. The lowest BCUT2D eigenvalue weighted by Gasteiger charge is -2.27. The monoisotopic (exact) mass is 688 g/mol. The molecule has 4 atom stereocenters. The number of nitrogens with zero attached hydrogens (tertiary/aromatic N) is 7. The molecule has 0 radical (unpaired) electrons. The average Bonchev–Trinajstić information content (AvgIpc) is 3.25. The Morgan fingerprint density at radius 3 is 2.54 bits per heavy atom. The Morgan fingerprint density at radius 1 is 1.09 bits per heavy atom. The minimum Gasteiger partial charge on any atom is -0.347 e. The van der Waals surface area contributed by atoms with E-state index < -0.39 is 17.9 Å². The molecule has 6 heterocycles. The van der Waals surface area contributed by atoms with E-state index in [1.165, 1.54) is 11.6 Å². The zero-order chi connectivity index (χ0) is 32.5. The molecule has 3 fully saturated rings. The number of aryl methyl sites for hydroxylation is 1. The van der Waals surface area contributed by atoms with Crippen molar-refractivity contribution in [1.82, 2.24) is 34.6 Å². The van der Waals surface area contributed by atoms with Crippen LogP contribution in [0.15, 0.2) is 41.4 Å². The average molecular weight is 690 g/mol. The third-order valence-corrected chi connectivity index (χ3v) is 9.49. The van der Waals surface area contributed by atoms with Gasteiger partial charge in [-0.05, 0) is 73.2 Å². The number of rotatable bonds is 7. The molecule has 2 amide bonds. The van der Waals surface area contributed by atoms with Crippen molar-refractivity contribution >= 4 is 50.2 Å². The standard InChI is InChI=1S/C32H33BrN8O5/c1-16(42)28-20-8-21(18-11-34-17(2)35-12-18)36-13-23(20)40(39-28)14-27(43)41-22(9-32(5)10-25(32)41)30(44)38-29-19(6-7-26(33)37-29)24-15-45-31(3,4)46-24/h6-8,11-13,22,24-25H,9-10,14-15H2,1-5H3,(H,37,38,44)/t22-,24?,25+,32-/m0/s1. The first-order valence-corrected chi connectivity index (χ1v) is 15.9. The predicted octanol–water partition coefficient (Wildman–Crippen LogP) is 4.40. The largest absolute Gasteiger partial charge is 0.347 e. The Morgan fingerprint density at radius 2 is 1.85 bits per heavy atom. The quantitative estimate of drug-likeness (QED) is 0.218. The number of fused-ring (bicyclic) bond motifs is 2. The van der Waals surface area contributed by atoms with Crippen molar-refractivity contribution in [2.45, 2.75) is 78.0 Å². The molecule has 4 aromatic heterocycles. The van der Waals surface area contributed by atoms with Crippen molar-refractivity contribution in [3.63, 3.8) is 0 Å². The van der Waals surface area contributed by atoms with E-state index in [1.54, 1.807) is 42.5 Å². The fourth-order valence-electron chi connectivity index (χ4n) is 6.55. The lowest BCUT2D eigenvalue weighted by molar-refractivity contribution is -0.139. The smallest absolute Gasteiger partial charge is 0.248 e. The third-order valence-electron chi connectivity index (χ3n) is 9.05. The summed E-state index contributed by atoms with van der Waals surface area (Å²) in [7, 11) is 0. The highest BCUT2D eigenvalue weighted by Crippen LogP contribution is 2.59. The number of likely N-dealkylation sites (tertiary alicyclic amines) is 1. The molecule has 1 N–H and O–H groups in total. The fourth-order valence-corrected chi connectivity index (χ4v) is 6.86. The number of carbonyl (C=O) groups excluding carboxylic acids is 3. The first-order valence-electron chi connectivity index (χ1n) is 15.1. The topological polar surface area (TPSA) is 154 Å². The normalized spacial score (nSPS) is 24.7. The molecule has 0 spiro atoms. The van der Waals surface area contributed by atoms with E-state index >= 15 is 0 Å². The van der Waals surface area contributed by atoms with Crippen LogP contribution in [0.3, 0.4) is 0 Å². The molecule has 13 nitrogen and oxygen atoms in total. The molecule has 238 valence electrons. The van der Waals surface area contributed by atoms with Gasteiger partial charge in [-0.3, -0.25) is 24.0 Å². The predicted molar refractivity (Wildman–Crippen MR) is 169 cm³/mol. The van der Waals surface area contributed by atoms with E-state index in [4.69, 9.17) is 9.47 Å². The van der Waals surface area contributed by atoms with Crippen LogP contribution in [0.5, 0.6) is 0 Å². The molecule has 0 aromatic carbocycles. The van der Waals surface area contributed by atoms with Crippen LogP contribution >= 0.6 is 15.9 Å². The molecule has 46 heavy (non-hydrogen) atoms. The lowest BCUT2D eigenvalue weighted by Crippen LogP contribution is -2.47. The van der Waals surface area contributed by atoms with Crippen LogP contribution in [0, 0.1) is 12.3 Å². The van der Waals surface area contributed by atoms with E-state index in [-0.39, 0.29) is 41.3 Å². The second-order valence-electron chi connectivity index (χ2n) is 12.9. The van der Waals surface area contributed by atoms with Crippen molar-refractivity contribution in [1.29, 1.82) is 0 Å². The molecule has 1 unspecified atom stereocenters. The highest BCUT2D eigenvalue weighted by atomic mass is 79.9. The Bertz CT molecular complexity index is 1910. The van der Waals surface area contributed by atoms with E-state index in [9.17, 15) is 14.4 Å². The van der Waals surface area contributed by atoms with Gasteiger partial charge in [0.25, 0.3) is 0 Å². The maximum Gasteiger partial charge on any atom is 0.248 e. The van der Waals surface area contributed by atoms with Gasteiger partial charge >= 0.3 is 0 Å². The van der Waals surface area contributed by atoms with Gasteiger partial charge in [0.05, 0.1) is 24.0 Å². The summed E-state index contributed by atoms with van der Waals surface area (Å²) < 4.78 is 13.8. The van der Waals surface area contributed by atoms with E-state index in [2.05, 4.69) is 53.2 Å². The minimum atomic E-state index is -0.755. The molecule has 1 saturated carbocycles. The summed E-state index contributed by atoms with van der Waals surface area (Å²) >= 11 is 3.41. The van der Waals surface area contributed by atoms with E-state index in [1.807, 2.05) is 19.9 Å². The number of pyridine rings is 2. The molecule has 7 rings (SSSR count). The number of Topliss-reactive ketones (excluding diaryl/α,β-unsaturated/α-hetero) is 1. The Balaban J connectivity index is 1.15. The number of hydrogen-bond acceptors (Lipinski definition) is 10. The lowest BCUT2D eigenvalue weighted by atomic mass is 10.0. The number of halogens is 1. The number of anilines is 1. The summed E-state index contributed by atoms with van der Waals surface area (Å²) in [6.45, 7) is 9.17. The summed E-state index contributed by atoms with van der Waals surface area (Å²) in [5.74, 6) is -0.593. The highest BCUT2D eigenvalue weighted by Gasteiger charge is 2.64. The molecule has 0 bridgehead atoms. The molecule has 14 heteroatoms. The van der Waals surface area contributed by atoms with Gasteiger partial charge in [-0.2, -0.15) is 5.10 Å². The summed E-state index contributed by atoms with van der Waals surface area (Å²) in [5, 5.41) is 8.08. The van der Waals surface area contributed by atoms with Crippen molar-refractivity contribution in [2.75, 3.05) is 11.9 Å². The van der Waals surface area contributed by atoms with Crippen molar-refractivity contribution in [3.05, 3.63) is 58.5 Å². The summed E-state index contributed by atoms with van der Waals surface area (Å²) in [4.78, 5) is 59.7. The number of aromatic nitrogens is 6. The SMILES string of the molecule is CC(=O)c1nn(CC(=O)N2[C@H](C(=O)Nc3nc(Br)ccc3C3COC(C)(C)O3)C[C@@]3(C)C[C@@H]23)c2cnc(-c3cnc(C)nc3)cc12. The summed E-state index contributed by atoms with van der Waals surface area (Å²) in [6, 6.07) is 4.62. The van der Waals surface area contributed by atoms with Gasteiger partial charge < -0.3 is 19.7 Å². The molecular formula is C32H33BrN8O5. The summed E-state index contributed by atoms with van der Waals surface area (Å²) in [6.07, 6.45) is 5.87. The number of ether oxygens (including phenoxy) is 2. The van der Waals surface area contributed by atoms with Gasteiger partial charge in [-0.1, -0.05) is 6.92 Å². The van der Waals surface area contributed by atoms with Crippen LogP contribution in [0.25, 0.3) is 22.2 Å². The second-order valence-corrected chi connectivity index (χ2v) is 13.8. The zero-order valence-corrected chi connectivity index (χ0v) is 27.7. The maximum absolute atomic E-state index is 14.0. The van der Waals surface area contributed by atoms with Crippen LogP contribution in [0.1, 0.15) is 68.5 Å². The van der Waals surface area contributed by atoms with Crippen LogP contribution < -0.4 is 5.32 Å². The number of hydrogen-bond donors (Lipinski definition) is 1. The van der Waals surface area contributed by atoms with Crippen molar-refractivity contribution < 1.29 is 23.9 Å². The number of ketones is 1. The van der Waals surface area contributed by atoms with Crippen molar-refractivity contribution in [2.24, 2.45) is 5.41 Å². The Labute approximate surface area is 273 Å². The van der Waals surface area contributed by atoms with Gasteiger partial charge in [0, 0.05) is 41.9 Å². The van der Waals surface area contributed by atoms with Gasteiger partial charge in [0.1, 0.15) is 40.6 Å². The Hall–Kier alpha value is -4.14. The van der Waals surface area contributed by atoms with E-state index in [0.717, 1.165) is 6.42 Å². The fraction of sp³-hybridized carbons (Fsp3) is 0.438. The molecule has 2 saturated heterocycles. The molecule has 1 aliphatic carbocycles. The number of piperidine rings is 1. The minimum absolute atomic E-state index is 0.0709. The van der Waals surface area contributed by atoms with E-state index in [0.29, 0.717) is 57.0 Å². The third kappa shape index (κ3) is 5.47. The number of amides is 2. The van der Waals surface area contributed by atoms with Crippen LogP contribution in [-0.2, 0) is 25.6 Å². The molecule has 3 aliphatic rings.